The van der Waals surface area contributed by atoms with Gasteiger partial charge in [-0.05, 0) is 53.6 Å². The molecule has 1 N–H and O–H groups in total. The van der Waals surface area contributed by atoms with E-state index in [0.29, 0.717) is 20.9 Å². The summed E-state index contributed by atoms with van der Waals surface area (Å²) in [5, 5.41) is 9.57. The highest BCUT2D eigenvalue weighted by atomic mass is 35.5. The van der Waals surface area contributed by atoms with Gasteiger partial charge in [0.15, 0.2) is 5.78 Å². The van der Waals surface area contributed by atoms with Gasteiger partial charge in [0.2, 0.25) is 0 Å². The molecule has 1 heterocycles. The molecule has 27 heavy (non-hydrogen) atoms. The number of benzene rings is 2. The number of allylic oxidation sites excluding steroid dienone is 1. The molecule has 0 saturated carbocycles. The molecule has 138 valence electrons. The Labute approximate surface area is 162 Å². The molecule has 0 saturated heterocycles. The van der Waals surface area contributed by atoms with E-state index in [1.165, 1.54) is 41.7 Å². The predicted octanol–water partition coefficient (Wildman–Crippen LogP) is 6.69. The fourth-order valence-electron chi connectivity index (χ4n) is 2.33. The molecule has 7 heteroatoms. The molecular weight excluding hydrogens is 397 g/mol. The number of thiophene rings is 1. The van der Waals surface area contributed by atoms with Crippen molar-refractivity contribution in [2.75, 3.05) is 0 Å². The van der Waals surface area contributed by atoms with Crippen molar-refractivity contribution in [1.29, 1.82) is 0 Å². The van der Waals surface area contributed by atoms with Crippen LogP contribution in [0.1, 0.15) is 20.8 Å². The van der Waals surface area contributed by atoms with Gasteiger partial charge in [-0.2, -0.15) is 13.2 Å². The maximum Gasteiger partial charge on any atom is 0.416 e. The van der Waals surface area contributed by atoms with Crippen LogP contribution < -0.4 is 0 Å². The summed E-state index contributed by atoms with van der Waals surface area (Å²) in [6.07, 6.45) is -1.42. The molecule has 0 aliphatic heterocycles. The molecule has 0 fully saturated rings. The molecule has 0 radical (unpaired) electrons. The average Bonchev–Trinajstić information content (AvgIpc) is 3.12. The van der Waals surface area contributed by atoms with Crippen LogP contribution >= 0.6 is 22.9 Å². The fraction of sp³-hybridized carbons (Fsp3) is 0.0500. The van der Waals surface area contributed by atoms with Gasteiger partial charge in [0.05, 0.1) is 15.5 Å². The molecule has 0 spiro atoms. The fourth-order valence-corrected chi connectivity index (χ4v) is 3.45. The van der Waals surface area contributed by atoms with Gasteiger partial charge in [-0.15, -0.1) is 11.3 Å². The van der Waals surface area contributed by atoms with Gasteiger partial charge in [0.1, 0.15) is 5.75 Å². The maximum atomic E-state index is 12.6. The normalized spacial score (nSPS) is 11.9. The van der Waals surface area contributed by atoms with Crippen LogP contribution in [0.4, 0.5) is 13.2 Å². The summed E-state index contributed by atoms with van der Waals surface area (Å²) in [5.74, 6) is -0.276. The van der Waals surface area contributed by atoms with Gasteiger partial charge in [0, 0.05) is 4.88 Å². The number of rotatable bonds is 4. The highest BCUT2D eigenvalue weighted by Crippen LogP contribution is 2.33. The minimum Gasteiger partial charge on any atom is -0.506 e. The summed E-state index contributed by atoms with van der Waals surface area (Å²) in [6.45, 7) is 0. The summed E-state index contributed by atoms with van der Waals surface area (Å²) in [4.78, 5) is 13.5. The Morgan fingerprint density at radius 1 is 1.04 bits per heavy atom. The average molecular weight is 409 g/mol. The number of alkyl halides is 3. The molecule has 0 unspecified atom stereocenters. The molecule has 2 nitrogen and oxygen atoms in total. The molecule has 0 bridgehead atoms. The first-order valence-electron chi connectivity index (χ1n) is 7.72. The van der Waals surface area contributed by atoms with Crippen molar-refractivity contribution in [2.24, 2.45) is 0 Å². The first kappa shape index (κ1) is 19.2. The van der Waals surface area contributed by atoms with Crippen molar-refractivity contribution < 1.29 is 23.1 Å². The molecule has 2 aromatic carbocycles. The first-order valence-corrected chi connectivity index (χ1v) is 8.92. The summed E-state index contributed by atoms with van der Waals surface area (Å²) in [6, 6.07) is 12.7. The van der Waals surface area contributed by atoms with Crippen LogP contribution in [-0.4, -0.2) is 10.9 Å². The molecule has 0 atom stereocenters. The van der Waals surface area contributed by atoms with Crippen molar-refractivity contribution in [3.8, 4) is 16.2 Å². The van der Waals surface area contributed by atoms with Gasteiger partial charge in [0.25, 0.3) is 0 Å². The number of phenols is 1. The van der Waals surface area contributed by atoms with Gasteiger partial charge < -0.3 is 5.11 Å². The number of halogens is 4. The number of aromatic hydroxyl groups is 1. The number of phenolic OH excluding ortho intramolecular Hbond substituents is 1. The summed E-state index contributed by atoms with van der Waals surface area (Å²) in [5.41, 5.74) is 0.557. The largest absolute Gasteiger partial charge is 0.506 e. The maximum absolute atomic E-state index is 12.6. The van der Waals surface area contributed by atoms with Crippen LogP contribution in [0.5, 0.6) is 5.75 Å². The van der Waals surface area contributed by atoms with E-state index in [0.717, 1.165) is 12.1 Å². The molecule has 3 aromatic rings. The zero-order valence-electron chi connectivity index (χ0n) is 13.6. The molecular formula is C20H12ClF3O2S. The van der Waals surface area contributed by atoms with Crippen molar-refractivity contribution in [2.45, 2.75) is 6.18 Å². The second-order valence-electron chi connectivity index (χ2n) is 5.65. The quantitative estimate of drug-likeness (QED) is 0.385. The summed E-state index contributed by atoms with van der Waals surface area (Å²) in [7, 11) is 0. The van der Waals surface area contributed by atoms with Crippen LogP contribution in [0.15, 0.2) is 60.7 Å². The third-order valence-corrected chi connectivity index (χ3v) is 5.20. The molecule has 0 amide bonds. The zero-order valence-corrected chi connectivity index (χ0v) is 15.2. The lowest BCUT2D eigenvalue weighted by Gasteiger charge is -2.06. The lowest BCUT2D eigenvalue weighted by Crippen LogP contribution is -2.03. The zero-order chi connectivity index (χ0) is 19.6. The summed E-state index contributed by atoms with van der Waals surface area (Å²) >= 11 is 7.02. The SMILES string of the molecule is O=C(/C=C/c1ccc(O)c(Cl)c1)c1ccc(-c2ccc(C(F)(F)F)cc2)s1. The van der Waals surface area contributed by atoms with Crippen LogP contribution in [0, 0.1) is 0 Å². The Bertz CT molecular complexity index is 1000. The van der Waals surface area contributed by atoms with Crippen LogP contribution in [-0.2, 0) is 6.18 Å². The van der Waals surface area contributed by atoms with Gasteiger partial charge in [-0.3, -0.25) is 4.79 Å². The van der Waals surface area contributed by atoms with E-state index in [2.05, 4.69) is 0 Å². The second-order valence-corrected chi connectivity index (χ2v) is 7.14. The summed E-state index contributed by atoms with van der Waals surface area (Å²) < 4.78 is 37.9. The standard InChI is InChI=1S/C20H12ClF3O2S/c21-15-11-12(1-7-16(15)25)2-8-17(26)19-10-9-18(27-19)13-3-5-14(6-4-13)20(22,23)24/h1-11,25H/b8-2+. The van der Waals surface area contributed by atoms with Crippen LogP contribution in [0.3, 0.4) is 0 Å². The smallest absolute Gasteiger partial charge is 0.416 e. The van der Waals surface area contributed by atoms with E-state index in [1.807, 2.05) is 0 Å². The number of hydrogen-bond donors (Lipinski definition) is 1. The van der Waals surface area contributed by atoms with E-state index in [9.17, 15) is 23.1 Å². The van der Waals surface area contributed by atoms with Crippen LogP contribution in [0.2, 0.25) is 5.02 Å². The number of carbonyl (C=O) groups excluding carboxylic acids is 1. The lowest BCUT2D eigenvalue weighted by atomic mass is 10.1. The second kappa shape index (κ2) is 7.58. The Morgan fingerprint density at radius 2 is 1.74 bits per heavy atom. The number of carbonyl (C=O) groups is 1. The van der Waals surface area contributed by atoms with Crippen molar-refractivity contribution in [3.05, 3.63) is 81.7 Å². The Balaban J connectivity index is 1.75. The van der Waals surface area contributed by atoms with Gasteiger partial charge in [-0.1, -0.05) is 35.9 Å². The van der Waals surface area contributed by atoms with E-state index in [-0.39, 0.29) is 16.6 Å². The van der Waals surface area contributed by atoms with Crippen molar-refractivity contribution in [1.82, 2.24) is 0 Å². The molecule has 1 aromatic heterocycles. The Kier molecular flexibility index (Phi) is 5.39. The van der Waals surface area contributed by atoms with Crippen molar-refractivity contribution >= 4 is 34.8 Å². The first-order chi connectivity index (χ1) is 12.7. The number of hydrogen-bond acceptors (Lipinski definition) is 3. The van der Waals surface area contributed by atoms with E-state index < -0.39 is 11.7 Å². The van der Waals surface area contributed by atoms with Crippen LogP contribution in [0.25, 0.3) is 16.5 Å². The third kappa shape index (κ3) is 4.59. The molecule has 3 rings (SSSR count). The number of ketones is 1. The topological polar surface area (TPSA) is 37.3 Å². The van der Waals surface area contributed by atoms with Gasteiger partial charge in [-0.25, -0.2) is 0 Å². The molecule has 0 aliphatic rings. The van der Waals surface area contributed by atoms with E-state index >= 15 is 0 Å². The molecule has 0 aliphatic carbocycles. The van der Waals surface area contributed by atoms with Crippen molar-refractivity contribution in [3.63, 3.8) is 0 Å². The third-order valence-electron chi connectivity index (χ3n) is 3.74. The minimum atomic E-state index is -4.38. The monoisotopic (exact) mass is 408 g/mol. The minimum absolute atomic E-state index is 0.0421. The van der Waals surface area contributed by atoms with E-state index in [1.54, 1.807) is 24.3 Å². The highest BCUT2D eigenvalue weighted by molar-refractivity contribution is 7.17. The highest BCUT2D eigenvalue weighted by Gasteiger charge is 2.30. The lowest BCUT2D eigenvalue weighted by molar-refractivity contribution is -0.137. The predicted molar refractivity (Wildman–Crippen MR) is 101 cm³/mol. The Hall–Kier alpha value is -2.57. The van der Waals surface area contributed by atoms with Gasteiger partial charge >= 0.3 is 6.18 Å². The van der Waals surface area contributed by atoms with E-state index in [4.69, 9.17) is 11.6 Å². The Morgan fingerprint density at radius 3 is 2.37 bits per heavy atom.